The van der Waals surface area contributed by atoms with E-state index in [0.717, 1.165) is 28.0 Å². The van der Waals surface area contributed by atoms with Gasteiger partial charge >= 0.3 is 0 Å². The van der Waals surface area contributed by atoms with E-state index in [-0.39, 0.29) is 11.8 Å². The van der Waals surface area contributed by atoms with Crippen molar-refractivity contribution in [1.29, 1.82) is 0 Å². The number of hydrogen-bond acceptors (Lipinski definition) is 4. The molecule has 0 aliphatic carbocycles. The standard InChI is InChI=1S/C29H29N3O3/c1-31(21-11-4-3-5-12-21)29(34)26-23-14-8-9-15-24(23)28(33)32(16-17-35-2)27(26)25-19-30-18-20-10-6-7-13-22(20)25/h3-15,19,26-27,30H,16-18H2,1-2H3. The van der Waals surface area contributed by atoms with Crippen molar-refractivity contribution in [3.8, 4) is 0 Å². The summed E-state index contributed by atoms with van der Waals surface area (Å²) in [5, 5.41) is 3.37. The molecule has 3 aromatic rings. The Morgan fingerprint density at radius 3 is 2.46 bits per heavy atom. The maximum Gasteiger partial charge on any atom is 0.254 e. The zero-order valence-corrected chi connectivity index (χ0v) is 20.0. The zero-order valence-electron chi connectivity index (χ0n) is 20.0. The zero-order chi connectivity index (χ0) is 24.4. The van der Waals surface area contributed by atoms with Gasteiger partial charge in [0, 0.05) is 44.7 Å². The van der Waals surface area contributed by atoms with Gasteiger partial charge in [-0.15, -0.1) is 0 Å². The van der Waals surface area contributed by atoms with Crippen LogP contribution in [0.2, 0.25) is 0 Å². The number of rotatable bonds is 6. The number of likely N-dealkylation sites (N-methyl/N-ethyl adjacent to an activating group) is 1. The molecular weight excluding hydrogens is 438 g/mol. The van der Waals surface area contributed by atoms with Crippen LogP contribution >= 0.6 is 0 Å². The van der Waals surface area contributed by atoms with Gasteiger partial charge in [-0.05, 0) is 40.5 Å². The first-order valence-electron chi connectivity index (χ1n) is 11.8. The summed E-state index contributed by atoms with van der Waals surface area (Å²) in [6.45, 7) is 1.46. The number of nitrogens with zero attached hydrogens (tertiary/aromatic N) is 2. The summed E-state index contributed by atoms with van der Waals surface area (Å²) in [6.07, 6.45) is 1.97. The lowest BCUT2D eigenvalue weighted by Crippen LogP contribution is -2.54. The van der Waals surface area contributed by atoms with E-state index in [9.17, 15) is 9.59 Å². The average Bonchev–Trinajstić information content (AvgIpc) is 2.92. The fourth-order valence-corrected chi connectivity index (χ4v) is 5.18. The summed E-state index contributed by atoms with van der Waals surface area (Å²) in [4.78, 5) is 31.6. The number of fused-ring (bicyclic) bond motifs is 2. The van der Waals surface area contributed by atoms with E-state index >= 15 is 0 Å². The molecular formula is C29H29N3O3. The summed E-state index contributed by atoms with van der Waals surface area (Å²) in [6, 6.07) is 24.8. The third-order valence-electron chi connectivity index (χ3n) is 6.91. The first kappa shape index (κ1) is 22.9. The minimum Gasteiger partial charge on any atom is -0.386 e. The number of hydrogen-bond donors (Lipinski definition) is 1. The average molecular weight is 468 g/mol. The van der Waals surface area contributed by atoms with Gasteiger partial charge in [-0.1, -0.05) is 60.7 Å². The summed E-state index contributed by atoms with van der Waals surface area (Å²) in [7, 11) is 3.43. The van der Waals surface area contributed by atoms with Gasteiger partial charge in [0.25, 0.3) is 5.91 Å². The maximum absolute atomic E-state index is 14.3. The number of para-hydroxylation sites is 1. The molecule has 2 atom stereocenters. The molecule has 0 saturated heterocycles. The smallest absolute Gasteiger partial charge is 0.254 e. The van der Waals surface area contributed by atoms with Gasteiger partial charge < -0.3 is 19.9 Å². The number of carbonyl (C=O) groups excluding carboxylic acids is 2. The van der Waals surface area contributed by atoms with Crippen molar-refractivity contribution in [3.05, 3.63) is 107 Å². The molecule has 2 aliphatic rings. The largest absolute Gasteiger partial charge is 0.386 e. The molecule has 3 aromatic carbocycles. The molecule has 0 spiro atoms. The molecule has 6 heteroatoms. The van der Waals surface area contributed by atoms with Crippen LogP contribution in [0.3, 0.4) is 0 Å². The molecule has 35 heavy (non-hydrogen) atoms. The van der Waals surface area contributed by atoms with E-state index < -0.39 is 12.0 Å². The van der Waals surface area contributed by atoms with E-state index in [2.05, 4.69) is 17.4 Å². The normalized spacial score (nSPS) is 18.7. The van der Waals surface area contributed by atoms with Crippen molar-refractivity contribution in [2.24, 2.45) is 0 Å². The summed E-state index contributed by atoms with van der Waals surface area (Å²) < 4.78 is 5.37. The second-order valence-corrected chi connectivity index (χ2v) is 8.87. The predicted octanol–water partition coefficient (Wildman–Crippen LogP) is 4.05. The van der Waals surface area contributed by atoms with E-state index in [0.29, 0.717) is 25.3 Å². The quantitative estimate of drug-likeness (QED) is 0.594. The Kier molecular flexibility index (Phi) is 6.38. The molecule has 0 saturated carbocycles. The highest BCUT2D eigenvalue weighted by molar-refractivity contribution is 6.07. The molecule has 0 bridgehead atoms. The maximum atomic E-state index is 14.3. The third-order valence-corrected chi connectivity index (χ3v) is 6.91. The van der Waals surface area contributed by atoms with Crippen LogP contribution in [0.1, 0.15) is 33.0 Å². The molecule has 0 aromatic heterocycles. The number of methoxy groups -OCH3 is 1. The van der Waals surface area contributed by atoms with Crippen molar-refractivity contribution >= 4 is 23.1 Å². The number of carbonyl (C=O) groups is 2. The van der Waals surface area contributed by atoms with Gasteiger partial charge in [-0.25, -0.2) is 0 Å². The molecule has 6 nitrogen and oxygen atoms in total. The second kappa shape index (κ2) is 9.76. The number of nitrogens with one attached hydrogen (secondary N) is 1. The molecule has 1 N–H and O–H groups in total. The van der Waals surface area contributed by atoms with Crippen LogP contribution in [0, 0.1) is 0 Å². The van der Waals surface area contributed by atoms with Gasteiger partial charge in [-0.3, -0.25) is 9.59 Å². The SMILES string of the molecule is COCCN1C(=O)c2ccccc2C(C(=O)N(C)c2ccccc2)C1C1=CNCc2ccccc21. The van der Waals surface area contributed by atoms with Crippen LogP contribution in [-0.2, 0) is 16.1 Å². The topological polar surface area (TPSA) is 61.9 Å². The molecule has 2 aliphatic heterocycles. The van der Waals surface area contributed by atoms with Crippen molar-refractivity contribution in [2.45, 2.75) is 18.5 Å². The minimum atomic E-state index is -0.579. The summed E-state index contributed by atoms with van der Waals surface area (Å²) in [5.74, 6) is -0.726. The highest BCUT2D eigenvalue weighted by Crippen LogP contribution is 2.42. The molecule has 178 valence electrons. The number of anilines is 1. The highest BCUT2D eigenvalue weighted by Gasteiger charge is 2.46. The first-order valence-corrected chi connectivity index (χ1v) is 11.8. The van der Waals surface area contributed by atoms with Crippen molar-refractivity contribution in [2.75, 3.05) is 32.2 Å². The Bertz CT molecular complexity index is 1270. The Labute approximate surface area is 205 Å². The monoisotopic (exact) mass is 467 g/mol. The van der Waals surface area contributed by atoms with E-state index in [4.69, 9.17) is 4.74 Å². The number of benzene rings is 3. The lowest BCUT2D eigenvalue weighted by atomic mass is 9.76. The van der Waals surface area contributed by atoms with Crippen LogP contribution in [-0.4, -0.2) is 50.1 Å². The number of ether oxygens (including phenoxy) is 1. The second-order valence-electron chi connectivity index (χ2n) is 8.87. The molecule has 5 rings (SSSR count). The molecule has 2 unspecified atom stereocenters. The molecule has 0 fully saturated rings. The Hall–Kier alpha value is -3.90. The van der Waals surface area contributed by atoms with Crippen molar-refractivity contribution in [3.63, 3.8) is 0 Å². The van der Waals surface area contributed by atoms with Gasteiger partial charge in [0.05, 0.1) is 18.6 Å². The van der Waals surface area contributed by atoms with Crippen LogP contribution < -0.4 is 10.2 Å². The fourth-order valence-electron chi connectivity index (χ4n) is 5.18. The van der Waals surface area contributed by atoms with Crippen LogP contribution in [0.25, 0.3) is 5.57 Å². The third kappa shape index (κ3) is 4.10. The van der Waals surface area contributed by atoms with Crippen LogP contribution in [0.4, 0.5) is 5.69 Å². The van der Waals surface area contributed by atoms with E-state index in [1.807, 2.05) is 77.8 Å². The summed E-state index contributed by atoms with van der Waals surface area (Å²) in [5.41, 5.74) is 5.28. The van der Waals surface area contributed by atoms with Crippen molar-refractivity contribution < 1.29 is 14.3 Å². The first-order chi connectivity index (χ1) is 17.1. The minimum absolute atomic E-state index is 0.0625. The van der Waals surface area contributed by atoms with Gasteiger partial charge in [0.15, 0.2) is 0 Å². The van der Waals surface area contributed by atoms with Gasteiger partial charge in [0.1, 0.15) is 0 Å². The van der Waals surface area contributed by atoms with Crippen LogP contribution in [0.5, 0.6) is 0 Å². The predicted molar refractivity (Wildman–Crippen MR) is 137 cm³/mol. The Morgan fingerprint density at radius 2 is 1.69 bits per heavy atom. The van der Waals surface area contributed by atoms with Crippen molar-refractivity contribution in [1.82, 2.24) is 10.2 Å². The molecule has 2 amide bonds. The van der Waals surface area contributed by atoms with Crippen LogP contribution in [0.15, 0.2) is 85.1 Å². The lowest BCUT2D eigenvalue weighted by Gasteiger charge is -2.44. The molecule has 0 radical (unpaired) electrons. The van der Waals surface area contributed by atoms with Gasteiger partial charge in [0.2, 0.25) is 5.91 Å². The number of amides is 2. The Morgan fingerprint density at radius 1 is 1.00 bits per heavy atom. The summed E-state index contributed by atoms with van der Waals surface area (Å²) >= 11 is 0. The van der Waals surface area contributed by atoms with Gasteiger partial charge in [-0.2, -0.15) is 0 Å². The highest BCUT2D eigenvalue weighted by atomic mass is 16.5. The van der Waals surface area contributed by atoms with E-state index in [1.54, 1.807) is 19.1 Å². The fraction of sp³-hybridized carbons (Fsp3) is 0.241. The lowest BCUT2D eigenvalue weighted by molar-refractivity contribution is -0.120. The Balaban J connectivity index is 1.69. The molecule has 2 heterocycles. The van der Waals surface area contributed by atoms with E-state index in [1.165, 1.54) is 0 Å².